The van der Waals surface area contributed by atoms with Crippen LogP contribution in [0.4, 0.5) is 5.69 Å². The summed E-state index contributed by atoms with van der Waals surface area (Å²) in [5, 5.41) is 12.0. The van der Waals surface area contributed by atoms with Crippen LogP contribution in [0.15, 0.2) is 77.0 Å². The van der Waals surface area contributed by atoms with Crippen molar-refractivity contribution >= 4 is 46.7 Å². The number of nitrogens with zero attached hydrogens (tertiary/aromatic N) is 3. The van der Waals surface area contributed by atoms with Gasteiger partial charge in [0.2, 0.25) is 11.1 Å². The first-order valence-corrected chi connectivity index (χ1v) is 12.3. The number of thioether (sulfide) groups is 2. The molecule has 0 saturated heterocycles. The summed E-state index contributed by atoms with van der Waals surface area (Å²) in [6, 6.07) is 18.9. The third kappa shape index (κ3) is 6.50. The molecule has 0 spiro atoms. The largest absolute Gasteiger partial charge is 0.496 e. The number of halogens is 1. The Hall–Kier alpha value is -3.01. The van der Waals surface area contributed by atoms with E-state index in [0.717, 1.165) is 22.0 Å². The number of rotatable bonds is 9. The predicted molar refractivity (Wildman–Crippen MR) is 133 cm³/mol. The topological polar surface area (TPSA) is 92.8 Å². The van der Waals surface area contributed by atoms with E-state index in [1.54, 1.807) is 43.3 Å². The minimum atomic E-state index is -0.138. The molecule has 0 radical (unpaired) electrons. The highest BCUT2D eigenvalue weighted by Gasteiger charge is 2.13. The molecule has 2 aromatic carbocycles. The average Bonchev–Trinajstić information content (AvgIpc) is 3.31. The van der Waals surface area contributed by atoms with Crippen molar-refractivity contribution in [1.82, 2.24) is 20.2 Å². The molecule has 4 rings (SSSR count). The number of hydrogen-bond acceptors (Lipinski definition) is 7. The molecule has 0 saturated carbocycles. The number of pyridine rings is 1. The van der Waals surface area contributed by atoms with Gasteiger partial charge < -0.3 is 10.1 Å². The van der Waals surface area contributed by atoms with Gasteiger partial charge >= 0.3 is 0 Å². The lowest BCUT2D eigenvalue weighted by Crippen LogP contribution is -2.14. The molecule has 0 atom stereocenters. The van der Waals surface area contributed by atoms with Crippen molar-refractivity contribution in [2.75, 3.05) is 18.2 Å². The van der Waals surface area contributed by atoms with Crippen LogP contribution in [0.3, 0.4) is 0 Å². The lowest BCUT2D eigenvalue weighted by molar-refractivity contribution is -0.113. The number of methoxy groups -OCH3 is 1. The summed E-state index contributed by atoms with van der Waals surface area (Å²) >= 11 is 8.98. The number of benzene rings is 2. The van der Waals surface area contributed by atoms with Gasteiger partial charge in [0.1, 0.15) is 5.75 Å². The molecule has 0 bridgehead atoms. The van der Waals surface area contributed by atoms with Crippen molar-refractivity contribution in [2.45, 2.75) is 15.9 Å². The summed E-state index contributed by atoms with van der Waals surface area (Å²) in [7, 11) is 1.58. The normalized spacial score (nSPS) is 10.7. The van der Waals surface area contributed by atoms with Gasteiger partial charge in [-0.1, -0.05) is 41.6 Å². The summed E-state index contributed by atoms with van der Waals surface area (Å²) in [6.45, 7) is 0. The second-order valence-corrected chi connectivity index (χ2v) is 9.18. The third-order valence-corrected chi connectivity index (χ3v) is 6.55. The molecule has 0 aliphatic rings. The summed E-state index contributed by atoms with van der Waals surface area (Å²) in [5.74, 6) is 1.96. The monoisotopic (exact) mass is 497 g/mol. The summed E-state index contributed by atoms with van der Waals surface area (Å²) < 4.78 is 5.36. The maximum atomic E-state index is 12.4. The Kier molecular flexibility index (Phi) is 7.87. The highest BCUT2D eigenvalue weighted by atomic mass is 35.5. The minimum Gasteiger partial charge on any atom is -0.496 e. The summed E-state index contributed by atoms with van der Waals surface area (Å²) in [6.07, 6.45) is 1.78. The fraction of sp³-hybridized carbons (Fsp3) is 0.130. The van der Waals surface area contributed by atoms with Crippen LogP contribution in [0.5, 0.6) is 5.75 Å². The molecule has 7 nitrogen and oxygen atoms in total. The molecule has 0 fully saturated rings. The Balaban J connectivity index is 1.32. The van der Waals surface area contributed by atoms with E-state index >= 15 is 0 Å². The highest BCUT2D eigenvalue weighted by Crippen LogP contribution is 2.31. The molecule has 1 amide bonds. The Labute approximate surface area is 204 Å². The number of carbonyl (C=O) groups is 1. The van der Waals surface area contributed by atoms with Gasteiger partial charge in [0.15, 0.2) is 5.82 Å². The Bertz CT molecular complexity index is 1240. The fourth-order valence-corrected chi connectivity index (χ4v) is 4.53. The van der Waals surface area contributed by atoms with Crippen LogP contribution in [0.1, 0.15) is 5.56 Å². The van der Waals surface area contributed by atoms with Gasteiger partial charge in [-0.15, -0.1) is 16.9 Å². The van der Waals surface area contributed by atoms with Crippen molar-refractivity contribution in [1.29, 1.82) is 0 Å². The first-order chi connectivity index (χ1) is 16.1. The smallest absolute Gasteiger partial charge is 0.234 e. The Morgan fingerprint density at radius 2 is 2.03 bits per heavy atom. The number of hydrogen-bond donors (Lipinski definition) is 2. The van der Waals surface area contributed by atoms with Gasteiger partial charge in [-0.05, 0) is 48.0 Å². The van der Waals surface area contributed by atoms with E-state index in [1.165, 1.54) is 11.8 Å². The quantitative estimate of drug-likeness (QED) is 0.293. The maximum Gasteiger partial charge on any atom is 0.234 e. The molecule has 0 aliphatic heterocycles. The number of aromatic nitrogens is 4. The zero-order chi connectivity index (χ0) is 23.0. The predicted octanol–water partition coefficient (Wildman–Crippen LogP) is 5.55. The molecule has 4 aromatic rings. The zero-order valence-corrected chi connectivity index (χ0v) is 20.0. The number of anilines is 1. The number of carbonyl (C=O) groups excluding carboxylic acids is 1. The van der Waals surface area contributed by atoms with Gasteiger partial charge in [0, 0.05) is 22.7 Å². The van der Waals surface area contributed by atoms with Crippen LogP contribution >= 0.6 is 35.1 Å². The number of ether oxygens (including phenoxy) is 1. The standard InChI is InChI=1S/C23H20ClN5O2S2/c1-31-19-9-8-16(24)12-18(19)22-27-23(29-28-22)33-14-20(30)26-17-6-4-5-15(11-17)13-32-21-7-2-3-10-25-21/h2-12H,13-14H2,1H3,(H,26,30)(H,27,28,29). The molecule has 10 heteroatoms. The van der Waals surface area contributed by atoms with E-state index < -0.39 is 0 Å². The van der Waals surface area contributed by atoms with E-state index in [2.05, 4.69) is 25.5 Å². The molecular weight excluding hydrogens is 478 g/mol. The molecule has 0 aliphatic carbocycles. The first kappa shape index (κ1) is 23.2. The van der Waals surface area contributed by atoms with Crippen LogP contribution < -0.4 is 10.1 Å². The second-order valence-electron chi connectivity index (χ2n) is 6.81. The van der Waals surface area contributed by atoms with Crippen LogP contribution in [0.25, 0.3) is 11.4 Å². The molecule has 2 aromatic heterocycles. The van der Waals surface area contributed by atoms with Crippen molar-refractivity contribution in [3.63, 3.8) is 0 Å². The molecular formula is C23H20ClN5O2S2. The molecule has 0 unspecified atom stereocenters. The van der Waals surface area contributed by atoms with Gasteiger partial charge in [0.25, 0.3) is 0 Å². The van der Waals surface area contributed by atoms with E-state index in [-0.39, 0.29) is 11.7 Å². The Morgan fingerprint density at radius 3 is 2.85 bits per heavy atom. The first-order valence-electron chi connectivity index (χ1n) is 9.92. The lowest BCUT2D eigenvalue weighted by atomic mass is 10.2. The second kappa shape index (κ2) is 11.2. The zero-order valence-electron chi connectivity index (χ0n) is 17.6. The van der Waals surface area contributed by atoms with Crippen molar-refractivity contribution < 1.29 is 9.53 Å². The number of aromatic amines is 1. The molecule has 2 heterocycles. The van der Waals surface area contributed by atoms with E-state index in [9.17, 15) is 4.79 Å². The summed E-state index contributed by atoms with van der Waals surface area (Å²) in [4.78, 5) is 21.2. The maximum absolute atomic E-state index is 12.4. The number of nitrogens with one attached hydrogen (secondary N) is 2. The van der Waals surface area contributed by atoms with Crippen molar-refractivity contribution in [3.05, 3.63) is 77.4 Å². The van der Waals surface area contributed by atoms with E-state index in [4.69, 9.17) is 16.3 Å². The molecule has 2 N–H and O–H groups in total. The summed E-state index contributed by atoms with van der Waals surface area (Å²) in [5.41, 5.74) is 2.55. The third-order valence-electron chi connectivity index (χ3n) is 4.45. The van der Waals surface area contributed by atoms with E-state index in [1.807, 2.05) is 42.5 Å². The van der Waals surface area contributed by atoms with Gasteiger partial charge in [-0.25, -0.2) is 9.97 Å². The van der Waals surface area contributed by atoms with Crippen LogP contribution in [0.2, 0.25) is 5.02 Å². The van der Waals surface area contributed by atoms with Gasteiger partial charge in [-0.3, -0.25) is 9.89 Å². The molecule has 168 valence electrons. The minimum absolute atomic E-state index is 0.138. The fourth-order valence-electron chi connectivity index (χ4n) is 2.95. The van der Waals surface area contributed by atoms with Gasteiger partial charge in [0.05, 0.1) is 23.5 Å². The number of H-pyrrole nitrogens is 1. The SMILES string of the molecule is COc1ccc(Cl)cc1-c1nc(SCC(=O)Nc2cccc(CSc3ccccn3)c2)n[nH]1. The Morgan fingerprint density at radius 1 is 1.12 bits per heavy atom. The van der Waals surface area contributed by atoms with Crippen LogP contribution in [-0.2, 0) is 10.5 Å². The lowest BCUT2D eigenvalue weighted by Gasteiger charge is -2.07. The highest BCUT2D eigenvalue weighted by molar-refractivity contribution is 7.99. The van der Waals surface area contributed by atoms with Crippen molar-refractivity contribution in [3.8, 4) is 17.1 Å². The van der Waals surface area contributed by atoms with Crippen LogP contribution in [-0.4, -0.2) is 38.9 Å². The van der Waals surface area contributed by atoms with Crippen LogP contribution in [0, 0.1) is 0 Å². The molecule has 33 heavy (non-hydrogen) atoms. The number of amides is 1. The van der Waals surface area contributed by atoms with E-state index in [0.29, 0.717) is 27.3 Å². The average molecular weight is 498 g/mol. The van der Waals surface area contributed by atoms with Crippen molar-refractivity contribution in [2.24, 2.45) is 0 Å². The van der Waals surface area contributed by atoms with Gasteiger partial charge in [-0.2, -0.15) is 0 Å².